The molecule has 0 bridgehead atoms. The molecule has 0 unspecified atom stereocenters. The zero-order valence-electron chi connectivity index (χ0n) is 16.3. The Balaban J connectivity index is 1.40. The molecule has 3 aromatic carbocycles. The van der Waals surface area contributed by atoms with Gasteiger partial charge in [-0.05, 0) is 24.6 Å². The molecule has 0 aliphatic carbocycles. The number of nitrogens with zero attached hydrogens (tertiary/aromatic N) is 2. The van der Waals surface area contributed by atoms with E-state index in [0.717, 1.165) is 5.56 Å². The molecule has 1 heterocycles. The Bertz CT molecular complexity index is 1160. The van der Waals surface area contributed by atoms with E-state index < -0.39 is 0 Å². The third-order valence-electron chi connectivity index (χ3n) is 4.61. The van der Waals surface area contributed by atoms with Crippen molar-refractivity contribution in [3.63, 3.8) is 0 Å². The van der Waals surface area contributed by atoms with Crippen molar-refractivity contribution in [2.24, 2.45) is 0 Å². The highest BCUT2D eigenvalue weighted by molar-refractivity contribution is 6.10. The van der Waals surface area contributed by atoms with Crippen molar-refractivity contribution < 1.29 is 14.0 Å². The number of hydrogen-bond donors (Lipinski definition) is 1. The molecular weight excluding hydrogens is 378 g/mol. The van der Waals surface area contributed by atoms with Gasteiger partial charge in [-0.1, -0.05) is 77.4 Å². The number of ketones is 1. The van der Waals surface area contributed by atoms with Gasteiger partial charge in [-0.15, -0.1) is 5.10 Å². The van der Waals surface area contributed by atoms with Crippen LogP contribution in [0.4, 0.5) is 6.01 Å². The lowest BCUT2D eigenvalue weighted by molar-refractivity contribution is 0.101. The number of rotatable bonds is 6. The van der Waals surface area contributed by atoms with Crippen LogP contribution in [0.3, 0.4) is 0 Å². The van der Waals surface area contributed by atoms with E-state index in [1.54, 1.807) is 36.4 Å². The Morgan fingerprint density at radius 2 is 1.43 bits per heavy atom. The summed E-state index contributed by atoms with van der Waals surface area (Å²) in [6, 6.07) is 23.5. The largest absolute Gasteiger partial charge is 0.407 e. The molecule has 30 heavy (non-hydrogen) atoms. The monoisotopic (exact) mass is 397 g/mol. The Kier molecular flexibility index (Phi) is 5.48. The normalized spacial score (nSPS) is 10.6. The van der Waals surface area contributed by atoms with Crippen molar-refractivity contribution in [3.8, 4) is 0 Å². The minimum Gasteiger partial charge on any atom is -0.407 e. The number of anilines is 1. The van der Waals surface area contributed by atoms with Gasteiger partial charge in [-0.25, -0.2) is 0 Å². The predicted octanol–water partition coefficient (Wildman–Crippen LogP) is 4.45. The number of amides is 1. The maximum atomic E-state index is 12.5. The minimum atomic E-state index is -0.390. The third-order valence-corrected chi connectivity index (χ3v) is 4.61. The molecule has 1 aromatic heterocycles. The van der Waals surface area contributed by atoms with E-state index in [1.165, 1.54) is 5.56 Å². The van der Waals surface area contributed by atoms with Crippen LogP contribution in [-0.2, 0) is 6.42 Å². The Labute approximate surface area is 173 Å². The lowest BCUT2D eigenvalue weighted by Crippen LogP contribution is -2.12. The maximum Gasteiger partial charge on any atom is 0.322 e. The highest BCUT2D eigenvalue weighted by Gasteiger charge is 2.14. The fourth-order valence-electron chi connectivity index (χ4n) is 2.95. The van der Waals surface area contributed by atoms with E-state index in [4.69, 9.17) is 4.42 Å². The van der Waals surface area contributed by atoms with Crippen LogP contribution in [0.2, 0.25) is 0 Å². The first-order valence-electron chi connectivity index (χ1n) is 9.47. The number of aromatic nitrogens is 2. The van der Waals surface area contributed by atoms with E-state index in [0.29, 0.717) is 29.0 Å². The van der Waals surface area contributed by atoms with Gasteiger partial charge in [-0.2, -0.15) is 0 Å². The number of carbonyl (C=O) groups is 2. The lowest BCUT2D eigenvalue weighted by atomic mass is 10.0. The summed E-state index contributed by atoms with van der Waals surface area (Å²) in [6.45, 7) is 2.02. The molecule has 0 aliphatic heterocycles. The second-order valence-electron chi connectivity index (χ2n) is 6.89. The number of hydrogen-bond acceptors (Lipinski definition) is 5. The van der Waals surface area contributed by atoms with E-state index in [-0.39, 0.29) is 17.7 Å². The molecule has 6 heteroatoms. The first-order chi connectivity index (χ1) is 14.6. The molecule has 0 spiro atoms. The first kappa shape index (κ1) is 19.3. The SMILES string of the molecule is Cc1ccc(Cc2nnc(NC(=O)c3ccc(C(=O)c4ccccc4)cc3)o2)cc1. The molecule has 0 atom stereocenters. The van der Waals surface area contributed by atoms with Crippen molar-refractivity contribution >= 4 is 17.7 Å². The van der Waals surface area contributed by atoms with Crippen LogP contribution in [-0.4, -0.2) is 21.9 Å². The summed E-state index contributed by atoms with van der Waals surface area (Å²) in [7, 11) is 0. The minimum absolute atomic E-state index is 0.0338. The number of carbonyl (C=O) groups excluding carboxylic acids is 2. The van der Waals surface area contributed by atoms with Gasteiger partial charge in [0.1, 0.15) is 0 Å². The number of aryl methyl sites for hydroxylation is 1. The van der Waals surface area contributed by atoms with Crippen molar-refractivity contribution in [2.75, 3.05) is 5.32 Å². The predicted molar refractivity (Wildman–Crippen MR) is 113 cm³/mol. The van der Waals surface area contributed by atoms with Crippen LogP contribution in [0.5, 0.6) is 0 Å². The molecular formula is C24H19N3O3. The van der Waals surface area contributed by atoms with Crippen LogP contribution in [0.1, 0.15) is 43.3 Å². The zero-order valence-corrected chi connectivity index (χ0v) is 16.3. The summed E-state index contributed by atoms with van der Waals surface area (Å²) in [6.07, 6.45) is 0.486. The molecule has 1 amide bonds. The number of benzene rings is 3. The molecule has 4 rings (SSSR count). The molecule has 0 fully saturated rings. The second-order valence-corrected chi connectivity index (χ2v) is 6.89. The Hall–Kier alpha value is -4.06. The fraction of sp³-hybridized carbons (Fsp3) is 0.0833. The van der Waals surface area contributed by atoms with Gasteiger partial charge in [0, 0.05) is 16.7 Å². The second kappa shape index (κ2) is 8.53. The zero-order chi connectivity index (χ0) is 20.9. The summed E-state index contributed by atoms with van der Waals surface area (Å²) in [5.74, 6) is -0.0718. The summed E-state index contributed by atoms with van der Waals surface area (Å²) < 4.78 is 5.52. The van der Waals surface area contributed by atoms with Crippen LogP contribution in [0, 0.1) is 6.92 Å². The van der Waals surface area contributed by atoms with Crippen LogP contribution in [0.25, 0.3) is 0 Å². The molecule has 0 saturated carbocycles. The van der Waals surface area contributed by atoms with E-state index in [2.05, 4.69) is 15.5 Å². The third kappa shape index (κ3) is 4.50. The molecule has 6 nitrogen and oxygen atoms in total. The van der Waals surface area contributed by atoms with Gasteiger partial charge >= 0.3 is 6.01 Å². The smallest absolute Gasteiger partial charge is 0.322 e. The van der Waals surface area contributed by atoms with Crippen LogP contribution in [0.15, 0.2) is 83.3 Å². The average molecular weight is 397 g/mol. The van der Waals surface area contributed by atoms with Crippen molar-refractivity contribution in [1.82, 2.24) is 10.2 Å². The van der Waals surface area contributed by atoms with Crippen molar-refractivity contribution in [2.45, 2.75) is 13.3 Å². The summed E-state index contributed by atoms with van der Waals surface area (Å²) in [5.41, 5.74) is 3.71. The number of nitrogens with one attached hydrogen (secondary N) is 1. The highest BCUT2D eigenvalue weighted by atomic mass is 16.4. The van der Waals surface area contributed by atoms with Gasteiger partial charge in [0.2, 0.25) is 5.89 Å². The summed E-state index contributed by atoms with van der Waals surface area (Å²) in [5, 5.41) is 10.4. The Morgan fingerprint density at radius 3 is 2.13 bits per heavy atom. The maximum absolute atomic E-state index is 12.5. The Morgan fingerprint density at radius 1 is 0.800 bits per heavy atom. The van der Waals surface area contributed by atoms with Gasteiger partial charge in [-0.3, -0.25) is 14.9 Å². The van der Waals surface area contributed by atoms with E-state index in [1.807, 2.05) is 49.4 Å². The molecule has 1 N–H and O–H groups in total. The summed E-state index contributed by atoms with van der Waals surface area (Å²) in [4.78, 5) is 24.9. The standard InChI is InChI=1S/C24H19N3O3/c1-16-7-9-17(10-8-16)15-21-26-27-24(30-21)25-23(29)20-13-11-19(12-14-20)22(28)18-5-3-2-4-6-18/h2-14H,15H2,1H3,(H,25,27,29). The van der Waals surface area contributed by atoms with Crippen molar-refractivity contribution in [3.05, 3.63) is 113 Å². The summed E-state index contributed by atoms with van der Waals surface area (Å²) >= 11 is 0. The van der Waals surface area contributed by atoms with Crippen LogP contribution < -0.4 is 5.32 Å². The van der Waals surface area contributed by atoms with Crippen molar-refractivity contribution in [1.29, 1.82) is 0 Å². The first-order valence-corrected chi connectivity index (χ1v) is 9.47. The van der Waals surface area contributed by atoms with E-state index >= 15 is 0 Å². The topological polar surface area (TPSA) is 85.1 Å². The fourth-order valence-corrected chi connectivity index (χ4v) is 2.95. The molecule has 4 aromatic rings. The quantitative estimate of drug-likeness (QED) is 0.486. The van der Waals surface area contributed by atoms with Gasteiger partial charge in [0.05, 0.1) is 6.42 Å². The molecule has 0 radical (unpaired) electrons. The van der Waals surface area contributed by atoms with Gasteiger partial charge in [0.25, 0.3) is 5.91 Å². The lowest BCUT2D eigenvalue weighted by Gasteiger charge is -2.04. The molecule has 0 saturated heterocycles. The van der Waals surface area contributed by atoms with Gasteiger partial charge < -0.3 is 4.42 Å². The van der Waals surface area contributed by atoms with Gasteiger partial charge in [0.15, 0.2) is 5.78 Å². The van der Waals surface area contributed by atoms with E-state index in [9.17, 15) is 9.59 Å². The molecule has 0 aliphatic rings. The average Bonchev–Trinajstić information content (AvgIpc) is 3.22. The molecule has 148 valence electrons. The van der Waals surface area contributed by atoms with Crippen LogP contribution >= 0.6 is 0 Å². The highest BCUT2D eigenvalue weighted by Crippen LogP contribution is 2.15.